The highest BCUT2D eigenvalue weighted by atomic mass is 16.6. The Morgan fingerprint density at radius 3 is 2.06 bits per heavy atom. The quantitative estimate of drug-likeness (QED) is 0.285. The zero-order chi connectivity index (χ0) is 25.4. The Kier molecular flexibility index (Phi) is 5.01. The van der Waals surface area contributed by atoms with Crippen LogP contribution >= 0.6 is 0 Å². The number of phenols is 2. The molecular formula is C26H22O10. The van der Waals surface area contributed by atoms with Crippen LogP contribution in [-0.4, -0.2) is 67.6 Å². The van der Waals surface area contributed by atoms with Crippen molar-refractivity contribution >= 4 is 5.97 Å². The number of rotatable bonds is 2. The summed E-state index contributed by atoms with van der Waals surface area (Å²) in [5.41, 5.74) is 0.0263. The Morgan fingerprint density at radius 1 is 0.806 bits per heavy atom. The molecule has 1 fully saturated rings. The minimum Gasteiger partial charge on any atom is -0.508 e. The third kappa shape index (κ3) is 3.00. The molecule has 3 aromatic rings. The SMILES string of the molecule is O=C1OC2(c3ccc(O)cc3Oc3cc(O)ccc32)c2cccc(C3O[C@H](CO)[C@H](O)[C@H](O)[C@H]3O)c21. The van der Waals surface area contributed by atoms with E-state index in [0.717, 1.165) is 0 Å². The Balaban J connectivity index is 1.59. The van der Waals surface area contributed by atoms with E-state index >= 15 is 0 Å². The van der Waals surface area contributed by atoms with Gasteiger partial charge in [-0.25, -0.2) is 4.79 Å². The van der Waals surface area contributed by atoms with Crippen molar-refractivity contribution in [2.45, 2.75) is 36.1 Å². The number of carbonyl (C=O) groups is 1. The third-order valence-electron chi connectivity index (χ3n) is 7.03. The molecule has 6 rings (SSSR count). The average molecular weight is 494 g/mol. The first kappa shape index (κ1) is 22.8. The smallest absolute Gasteiger partial charge is 0.340 e. The predicted molar refractivity (Wildman–Crippen MR) is 121 cm³/mol. The molecule has 0 amide bonds. The number of aromatic hydroxyl groups is 2. The first-order chi connectivity index (χ1) is 17.3. The summed E-state index contributed by atoms with van der Waals surface area (Å²) in [5, 5.41) is 61.0. The lowest BCUT2D eigenvalue weighted by atomic mass is 9.76. The largest absolute Gasteiger partial charge is 0.508 e. The average Bonchev–Trinajstić information content (AvgIpc) is 3.15. The zero-order valence-corrected chi connectivity index (χ0v) is 18.6. The van der Waals surface area contributed by atoms with Crippen LogP contribution in [0.15, 0.2) is 54.6 Å². The molecule has 36 heavy (non-hydrogen) atoms. The summed E-state index contributed by atoms with van der Waals surface area (Å²) < 4.78 is 17.7. The Morgan fingerprint density at radius 2 is 1.44 bits per heavy atom. The number of benzene rings is 3. The van der Waals surface area contributed by atoms with Crippen LogP contribution in [0.5, 0.6) is 23.0 Å². The second-order valence-electron chi connectivity index (χ2n) is 9.05. The third-order valence-corrected chi connectivity index (χ3v) is 7.03. The maximum Gasteiger partial charge on any atom is 0.340 e. The van der Waals surface area contributed by atoms with Crippen LogP contribution in [0, 0.1) is 0 Å². The van der Waals surface area contributed by atoms with Gasteiger partial charge in [0, 0.05) is 28.8 Å². The van der Waals surface area contributed by atoms with Gasteiger partial charge in [0.25, 0.3) is 0 Å². The monoisotopic (exact) mass is 494 g/mol. The fraction of sp³-hybridized carbons (Fsp3) is 0.269. The van der Waals surface area contributed by atoms with Crippen molar-refractivity contribution in [2.24, 2.45) is 0 Å². The molecule has 0 saturated carbocycles. The van der Waals surface area contributed by atoms with Gasteiger partial charge in [-0.2, -0.15) is 0 Å². The van der Waals surface area contributed by atoms with Crippen molar-refractivity contribution in [1.29, 1.82) is 0 Å². The fourth-order valence-corrected chi connectivity index (χ4v) is 5.37. The van der Waals surface area contributed by atoms with Crippen molar-refractivity contribution in [3.8, 4) is 23.0 Å². The molecule has 1 unspecified atom stereocenters. The predicted octanol–water partition coefficient (Wildman–Crippen LogP) is 1.18. The lowest BCUT2D eigenvalue weighted by Crippen LogP contribution is -2.55. The molecule has 1 saturated heterocycles. The lowest BCUT2D eigenvalue weighted by Gasteiger charge is -2.40. The van der Waals surface area contributed by atoms with Crippen molar-refractivity contribution in [3.63, 3.8) is 0 Å². The van der Waals surface area contributed by atoms with Gasteiger partial charge in [0.1, 0.15) is 53.5 Å². The summed E-state index contributed by atoms with van der Waals surface area (Å²) in [6.07, 6.45) is -7.19. The van der Waals surface area contributed by atoms with E-state index in [2.05, 4.69) is 0 Å². The van der Waals surface area contributed by atoms with Gasteiger partial charge >= 0.3 is 5.97 Å². The number of phenolic OH excluding ortho intramolecular Hbond substituents is 2. The summed E-state index contributed by atoms with van der Waals surface area (Å²) in [7, 11) is 0. The Labute approximate surface area is 204 Å². The molecule has 3 aliphatic heterocycles. The van der Waals surface area contributed by atoms with Crippen LogP contribution in [-0.2, 0) is 15.1 Å². The van der Waals surface area contributed by atoms with Crippen LogP contribution in [0.1, 0.15) is 38.7 Å². The molecule has 10 nitrogen and oxygen atoms in total. The van der Waals surface area contributed by atoms with E-state index in [4.69, 9.17) is 14.2 Å². The highest BCUT2D eigenvalue weighted by Gasteiger charge is 2.55. The van der Waals surface area contributed by atoms with Crippen molar-refractivity contribution in [3.05, 3.63) is 82.4 Å². The molecule has 10 heteroatoms. The summed E-state index contributed by atoms with van der Waals surface area (Å²) in [4.78, 5) is 13.5. The Bertz CT molecular complexity index is 1330. The second kappa shape index (κ2) is 7.92. The molecule has 3 heterocycles. The number of hydrogen-bond acceptors (Lipinski definition) is 10. The molecule has 186 valence electrons. The van der Waals surface area contributed by atoms with Crippen LogP contribution in [0.25, 0.3) is 0 Å². The molecule has 0 aromatic heterocycles. The highest BCUT2D eigenvalue weighted by molar-refractivity contribution is 5.98. The van der Waals surface area contributed by atoms with Gasteiger partial charge in [-0.05, 0) is 29.8 Å². The lowest BCUT2D eigenvalue weighted by molar-refractivity contribution is -0.231. The molecule has 3 aromatic carbocycles. The van der Waals surface area contributed by atoms with E-state index in [-0.39, 0.29) is 34.1 Å². The summed E-state index contributed by atoms with van der Waals surface area (Å²) >= 11 is 0. The first-order valence-corrected chi connectivity index (χ1v) is 11.3. The number of hydrogen-bond donors (Lipinski definition) is 6. The van der Waals surface area contributed by atoms with Gasteiger partial charge in [-0.15, -0.1) is 0 Å². The summed E-state index contributed by atoms with van der Waals surface area (Å²) in [5.74, 6) is -0.462. The van der Waals surface area contributed by atoms with Crippen molar-refractivity contribution < 1.29 is 49.6 Å². The minimum absolute atomic E-state index is 0.0767. The molecule has 0 radical (unpaired) electrons. The van der Waals surface area contributed by atoms with Gasteiger partial charge in [-0.1, -0.05) is 18.2 Å². The molecule has 0 aliphatic carbocycles. The van der Waals surface area contributed by atoms with E-state index in [1.807, 2.05) is 0 Å². The van der Waals surface area contributed by atoms with Crippen molar-refractivity contribution in [1.82, 2.24) is 0 Å². The van der Waals surface area contributed by atoms with Gasteiger partial charge in [0.2, 0.25) is 0 Å². The second-order valence-corrected chi connectivity index (χ2v) is 9.05. The molecule has 3 aliphatic rings. The van der Waals surface area contributed by atoms with Gasteiger partial charge in [0.05, 0.1) is 12.2 Å². The topological polar surface area (TPSA) is 166 Å². The summed E-state index contributed by atoms with van der Waals surface area (Å²) in [6.45, 7) is -0.615. The van der Waals surface area contributed by atoms with Gasteiger partial charge < -0.3 is 44.8 Å². The van der Waals surface area contributed by atoms with Gasteiger partial charge in [0.15, 0.2) is 5.60 Å². The van der Waals surface area contributed by atoms with Crippen LogP contribution in [0.2, 0.25) is 0 Å². The van der Waals surface area contributed by atoms with Gasteiger partial charge in [-0.3, -0.25) is 0 Å². The molecule has 5 atom stereocenters. The summed E-state index contributed by atoms with van der Waals surface area (Å²) in [6, 6.07) is 13.6. The van der Waals surface area contributed by atoms with E-state index in [9.17, 15) is 35.4 Å². The normalized spacial score (nSPS) is 27.6. The molecule has 0 bridgehead atoms. The number of ether oxygens (including phenoxy) is 3. The standard InChI is InChI=1S/C26H22O10/c27-10-19-21(30)22(31)23(32)24(35-19)13-2-1-3-16-20(13)25(33)36-26(16)14-6-4-11(28)8-17(14)34-18-9-12(29)5-7-15(18)26/h1-9,19,21-24,27-32H,10H2/t19-,21+,22+,23-,24?/m1/s1. The number of aliphatic hydroxyl groups excluding tert-OH is 4. The number of esters is 1. The van der Waals surface area contributed by atoms with Crippen molar-refractivity contribution in [2.75, 3.05) is 6.61 Å². The minimum atomic E-state index is -1.63. The molecular weight excluding hydrogens is 472 g/mol. The fourth-order valence-electron chi connectivity index (χ4n) is 5.37. The number of aliphatic hydroxyl groups is 4. The van der Waals surface area contributed by atoms with Crippen LogP contribution in [0.4, 0.5) is 0 Å². The van der Waals surface area contributed by atoms with E-state index in [1.165, 1.54) is 24.3 Å². The van der Waals surface area contributed by atoms with E-state index in [0.29, 0.717) is 16.7 Å². The van der Waals surface area contributed by atoms with Crippen LogP contribution < -0.4 is 4.74 Å². The highest BCUT2D eigenvalue weighted by Crippen LogP contribution is 2.58. The van der Waals surface area contributed by atoms with Crippen LogP contribution in [0.3, 0.4) is 0 Å². The Hall–Kier alpha value is -3.67. The molecule has 1 spiro atoms. The number of carbonyl (C=O) groups excluding carboxylic acids is 1. The number of fused-ring (bicyclic) bond motifs is 6. The molecule has 6 N–H and O–H groups in total. The zero-order valence-electron chi connectivity index (χ0n) is 18.6. The van der Waals surface area contributed by atoms with E-state index in [1.54, 1.807) is 30.3 Å². The maximum absolute atomic E-state index is 13.5. The first-order valence-electron chi connectivity index (χ1n) is 11.3. The van der Waals surface area contributed by atoms with E-state index < -0.39 is 48.7 Å². The maximum atomic E-state index is 13.5.